The van der Waals surface area contributed by atoms with E-state index in [-0.39, 0.29) is 11.7 Å². The topological polar surface area (TPSA) is 49.8 Å². The third-order valence-electron chi connectivity index (χ3n) is 3.54. The average molecular weight is 328 g/mol. The smallest absolute Gasteiger partial charge is 0.257 e. The van der Waals surface area contributed by atoms with E-state index in [1.807, 2.05) is 4.90 Å². The Balaban J connectivity index is 2.12. The fourth-order valence-electron chi connectivity index (χ4n) is 2.44. The molecule has 1 aliphatic rings. The number of aromatic hydroxyl groups is 1. The van der Waals surface area contributed by atoms with Crippen LogP contribution in [0.25, 0.3) is 0 Å². The number of para-hydroxylation sites is 1. The number of likely N-dealkylation sites (tertiary alicyclic amines) is 1. The molecule has 1 N–H and O–H groups in total. The first-order valence-electron chi connectivity index (χ1n) is 6.38. The predicted octanol–water partition coefficient (Wildman–Crippen LogP) is 2.65. The molecular formula is C14H18BrNO3. The van der Waals surface area contributed by atoms with Crippen LogP contribution >= 0.6 is 15.9 Å². The lowest BCUT2D eigenvalue weighted by Crippen LogP contribution is -2.28. The molecule has 2 rings (SSSR count). The van der Waals surface area contributed by atoms with Crippen LogP contribution in [0.4, 0.5) is 0 Å². The van der Waals surface area contributed by atoms with Crippen LogP contribution in [0.5, 0.6) is 11.5 Å². The number of carbonyl (C=O) groups excluding carboxylic acids is 1. The molecule has 0 saturated carbocycles. The number of nitrogens with zero attached hydrogens (tertiary/aromatic N) is 1. The Morgan fingerprint density at radius 2 is 2.37 bits per heavy atom. The zero-order valence-electron chi connectivity index (χ0n) is 10.9. The minimum Gasteiger partial charge on any atom is -0.504 e. The molecule has 1 aliphatic heterocycles. The fraction of sp³-hybridized carbons (Fsp3) is 0.500. The summed E-state index contributed by atoms with van der Waals surface area (Å²) in [6.07, 6.45) is 2.11. The molecule has 4 nitrogen and oxygen atoms in total. The van der Waals surface area contributed by atoms with E-state index in [9.17, 15) is 9.90 Å². The standard InChI is InChI=1S/C14H18BrNO3/c1-19-12-4-2-3-11(13(12)17)14(18)16-8-6-10(9-16)5-7-15/h2-4,10,17H,5-9H2,1H3. The maximum absolute atomic E-state index is 12.4. The number of carbonyl (C=O) groups is 1. The van der Waals surface area contributed by atoms with Gasteiger partial charge in [-0.3, -0.25) is 4.79 Å². The van der Waals surface area contributed by atoms with E-state index < -0.39 is 0 Å². The highest BCUT2D eigenvalue weighted by Crippen LogP contribution is 2.31. The summed E-state index contributed by atoms with van der Waals surface area (Å²) in [6, 6.07) is 5.00. The van der Waals surface area contributed by atoms with Gasteiger partial charge in [-0.25, -0.2) is 0 Å². The van der Waals surface area contributed by atoms with Crippen molar-refractivity contribution < 1.29 is 14.6 Å². The number of halogens is 1. The highest BCUT2D eigenvalue weighted by molar-refractivity contribution is 9.09. The Bertz CT molecular complexity index is 464. The van der Waals surface area contributed by atoms with Gasteiger partial charge in [0.1, 0.15) is 0 Å². The first-order chi connectivity index (χ1) is 9.17. The van der Waals surface area contributed by atoms with Gasteiger partial charge in [0.15, 0.2) is 11.5 Å². The van der Waals surface area contributed by atoms with E-state index in [0.29, 0.717) is 17.2 Å². The van der Waals surface area contributed by atoms with E-state index in [1.165, 1.54) is 7.11 Å². The molecule has 0 radical (unpaired) electrons. The SMILES string of the molecule is COc1cccc(C(=O)N2CCC(CCBr)C2)c1O. The molecule has 1 amide bonds. The van der Waals surface area contributed by atoms with Gasteiger partial charge in [-0.1, -0.05) is 22.0 Å². The molecule has 1 heterocycles. The molecule has 104 valence electrons. The first kappa shape index (κ1) is 14.2. The van der Waals surface area contributed by atoms with E-state index >= 15 is 0 Å². The van der Waals surface area contributed by atoms with Crippen LogP contribution in [0, 0.1) is 5.92 Å². The van der Waals surface area contributed by atoms with Crippen LogP contribution in [0.2, 0.25) is 0 Å². The van der Waals surface area contributed by atoms with E-state index in [0.717, 1.165) is 31.3 Å². The van der Waals surface area contributed by atoms with Crippen molar-refractivity contribution in [3.05, 3.63) is 23.8 Å². The first-order valence-corrected chi connectivity index (χ1v) is 7.50. The van der Waals surface area contributed by atoms with Crippen molar-refractivity contribution in [1.82, 2.24) is 4.90 Å². The van der Waals surface area contributed by atoms with Crippen LogP contribution in [0.15, 0.2) is 18.2 Å². The quantitative estimate of drug-likeness (QED) is 0.865. The van der Waals surface area contributed by atoms with Gasteiger partial charge >= 0.3 is 0 Å². The molecule has 0 bridgehead atoms. The number of rotatable bonds is 4. The van der Waals surface area contributed by atoms with Gasteiger partial charge < -0.3 is 14.7 Å². The summed E-state index contributed by atoms with van der Waals surface area (Å²) in [6.45, 7) is 1.52. The van der Waals surface area contributed by atoms with Crippen LogP contribution in [0.3, 0.4) is 0 Å². The molecule has 5 heteroatoms. The van der Waals surface area contributed by atoms with Crippen molar-refractivity contribution in [3.63, 3.8) is 0 Å². The average Bonchev–Trinajstić information content (AvgIpc) is 2.87. The van der Waals surface area contributed by atoms with Crippen molar-refractivity contribution in [3.8, 4) is 11.5 Å². The summed E-state index contributed by atoms with van der Waals surface area (Å²) in [5, 5.41) is 11.0. The minimum atomic E-state index is -0.117. The van der Waals surface area contributed by atoms with Crippen molar-refractivity contribution in [2.75, 3.05) is 25.5 Å². The van der Waals surface area contributed by atoms with Gasteiger partial charge in [0.2, 0.25) is 0 Å². The maximum Gasteiger partial charge on any atom is 0.257 e. The molecule has 1 saturated heterocycles. The number of alkyl halides is 1. The van der Waals surface area contributed by atoms with E-state index in [1.54, 1.807) is 18.2 Å². The summed E-state index contributed by atoms with van der Waals surface area (Å²) in [5.41, 5.74) is 0.318. The van der Waals surface area contributed by atoms with Gasteiger partial charge in [-0.2, -0.15) is 0 Å². The third-order valence-corrected chi connectivity index (χ3v) is 4.00. The molecule has 0 aromatic heterocycles. The normalized spacial score (nSPS) is 18.6. The third kappa shape index (κ3) is 3.03. The van der Waals surface area contributed by atoms with Gasteiger partial charge in [0.25, 0.3) is 5.91 Å². The number of phenolic OH excluding ortho intramolecular Hbond substituents is 1. The number of phenols is 1. The Morgan fingerprint density at radius 1 is 1.58 bits per heavy atom. The Kier molecular flexibility index (Phi) is 4.69. The maximum atomic E-state index is 12.4. The number of methoxy groups -OCH3 is 1. The summed E-state index contributed by atoms with van der Waals surface area (Å²) in [4.78, 5) is 14.2. The molecule has 1 unspecified atom stereocenters. The van der Waals surface area contributed by atoms with Gasteiger partial charge in [-0.15, -0.1) is 0 Å². The highest BCUT2D eigenvalue weighted by Gasteiger charge is 2.28. The monoisotopic (exact) mass is 327 g/mol. The summed E-state index contributed by atoms with van der Waals surface area (Å²) < 4.78 is 5.03. The lowest BCUT2D eigenvalue weighted by Gasteiger charge is -2.17. The van der Waals surface area contributed by atoms with Crippen LogP contribution in [-0.4, -0.2) is 41.4 Å². The van der Waals surface area contributed by atoms with Crippen molar-refractivity contribution >= 4 is 21.8 Å². The number of ether oxygens (including phenoxy) is 1. The second-order valence-electron chi connectivity index (χ2n) is 4.74. The van der Waals surface area contributed by atoms with Gasteiger partial charge in [-0.05, 0) is 30.9 Å². The van der Waals surface area contributed by atoms with Crippen LogP contribution < -0.4 is 4.74 Å². The Morgan fingerprint density at radius 3 is 3.05 bits per heavy atom. The summed E-state index contributed by atoms with van der Waals surface area (Å²) in [5.74, 6) is 0.700. The van der Waals surface area contributed by atoms with Gasteiger partial charge in [0, 0.05) is 18.4 Å². The number of hydrogen-bond acceptors (Lipinski definition) is 3. The molecule has 0 aliphatic carbocycles. The highest BCUT2D eigenvalue weighted by atomic mass is 79.9. The minimum absolute atomic E-state index is 0.0704. The lowest BCUT2D eigenvalue weighted by atomic mass is 10.1. The molecule has 0 spiro atoms. The molecule has 1 aromatic rings. The number of hydrogen-bond donors (Lipinski definition) is 1. The molecular weight excluding hydrogens is 310 g/mol. The molecule has 19 heavy (non-hydrogen) atoms. The van der Waals surface area contributed by atoms with Crippen molar-refractivity contribution in [2.45, 2.75) is 12.8 Å². The lowest BCUT2D eigenvalue weighted by molar-refractivity contribution is 0.0783. The molecule has 1 atom stereocenters. The second-order valence-corrected chi connectivity index (χ2v) is 5.53. The number of benzene rings is 1. The van der Waals surface area contributed by atoms with Crippen LogP contribution in [-0.2, 0) is 0 Å². The Hall–Kier alpha value is -1.23. The van der Waals surface area contributed by atoms with Gasteiger partial charge in [0.05, 0.1) is 12.7 Å². The molecule has 1 aromatic carbocycles. The van der Waals surface area contributed by atoms with Crippen molar-refractivity contribution in [2.24, 2.45) is 5.92 Å². The zero-order valence-corrected chi connectivity index (χ0v) is 12.5. The second kappa shape index (κ2) is 6.28. The fourth-order valence-corrected chi connectivity index (χ4v) is 3.08. The van der Waals surface area contributed by atoms with E-state index in [4.69, 9.17) is 4.74 Å². The Labute approximate surface area is 121 Å². The molecule has 1 fully saturated rings. The van der Waals surface area contributed by atoms with Crippen molar-refractivity contribution in [1.29, 1.82) is 0 Å². The van der Waals surface area contributed by atoms with E-state index in [2.05, 4.69) is 15.9 Å². The summed E-state index contributed by atoms with van der Waals surface area (Å²) in [7, 11) is 1.48. The van der Waals surface area contributed by atoms with Crippen LogP contribution in [0.1, 0.15) is 23.2 Å². The predicted molar refractivity (Wildman–Crippen MR) is 77.1 cm³/mol. The zero-order chi connectivity index (χ0) is 13.8. The number of amides is 1. The summed E-state index contributed by atoms with van der Waals surface area (Å²) >= 11 is 3.43. The largest absolute Gasteiger partial charge is 0.504 e.